The minimum atomic E-state index is -1.05. The van der Waals surface area contributed by atoms with Crippen LogP contribution in [-0.2, 0) is 22.4 Å². The van der Waals surface area contributed by atoms with Crippen LogP contribution >= 0.6 is 12.6 Å². The van der Waals surface area contributed by atoms with Gasteiger partial charge in [0.1, 0.15) is 6.04 Å². The van der Waals surface area contributed by atoms with E-state index in [0.29, 0.717) is 12.2 Å². The first-order valence-electron chi connectivity index (χ1n) is 11.3. The van der Waals surface area contributed by atoms with Gasteiger partial charge in [-0.2, -0.15) is 12.6 Å². The van der Waals surface area contributed by atoms with E-state index in [1.165, 1.54) is 10.8 Å². The first-order valence-corrected chi connectivity index (χ1v) is 11.9. The van der Waals surface area contributed by atoms with Crippen molar-refractivity contribution in [3.63, 3.8) is 0 Å². The average molecular weight is 470 g/mol. The molecule has 0 saturated heterocycles. The van der Waals surface area contributed by atoms with Gasteiger partial charge >= 0.3 is 5.97 Å². The first kappa shape index (κ1) is 23.6. The lowest BCUT2D eigenvalue weighted by Gasteiger charge is -2.19. The summed E-state index contributed by atoms with van der Waals surface area (Å²) < 4.78 is 0. The molecule has 4 rings (SSSR count). The van der Waals surface area contributed by atoms with Crippen LogP contribution in [0, 0.1) is 5.92 Å². The molecule has 2 atom stereocenters. The second-order valence-corrected chi connectivity index (χ2v) is 8.76. The van der Waals surface area contributed by atoms with Crippen molar-refractivity contribution in [2.45, 2.75) is 18.9 Å². The van der Waals surface area contributed by atoms with Crippen LogP contribution in [0.5, 0.6) is 0 Å². The molecule has 0 aliphatic carbocycles. The van der Waals surface area contributed by atoms with Crippen LogP contribution in [0.25, 0.3) is 21.9 Å². The smallest absolute Gasteiger partial charge is 0.326 e. The largest absolute Gasteiger partial charge is 0.480 e. The lowest BCUT2D eigenvalue weighted by Crippen LogP contribution is -2.45. The number of hydrogen-bond donors (Lipinski definition) is 3. The van der Waals surface area contributed by atoms with Crippen molar-refractivity contribution in [2.75, 3.05) is 5.75 Å². The van der Waals surface area contributed by atoms with E-state index in [1.54, 1.807) is 0 Å². The number of carbonyl (C=O) groups is 2. The molecular formula is C29H27NO3S. The molecule has 0 aliphatic rings. The van der Waals surface area contributed by atoms with Gasteiger partial charge in [0.25, 0.3) is 0 Å². The lowest BCUT2D eigenvalue weighted by atomic mass is 9.96. The normalized spacial score (nSPS) is 12.7. The SMILES string of the molecule is O=C(N[C@@H](Cc1ccc(-c2cccc3ccccc23)cc1)C(=O)O)C(CS)Cc1ccccc1. The maximum absolute atomic E-state index is 12.8. The van der Waals surface area contributed by atoms with Gasteiger partial charge in [-0.3, -0.25) is 4.79 Å². The maximum atomic E-state index is 12.8. The summed E-state index contributed by atoms with van der Waals surface area (Å²) in [6.07, 6.45) is 0.726. The van der Waals surface area contributed by atoms with E-state index < -0.39 is 17.9 Å². The number of rotatable bonds is 9. The summed E-state index contributed by atoms with van der Waals surface area (Å²) in [7, 11) is 0. The molecule has 0 aliphatic heterocycles. The number of nitrogens with one attached hydrogen (secondary N) is 1. The number of fused-ring (bicyclic) bond motifs is 1. The molecule has 1 amide bonds. The summed E-state index contributed by atoms with van der Waals surface area (Å²) in [5, 5.41) is 14.8. The van der Waals surface area contributed by atoms with E-state index in [4.69, 9.17) is 0 Å². The Morgan fingerprint density at radius 1 is 0.765 bits per heavy atom. The quantitative estimate of drug-likeness (QED) is 0.287. The van der Waals surface area contributed by atoms with Crippen LogP contribution in [0.4, 0.5) is 0 Å². The van der Waals surface area contributed by atoms with Gasteiger partial charge in [0.2, 0.25) is 5.91 Å². The second-order valence-electron chi connectivity index (χ2n) is 8.40. The Bertz CT molecular complexity index is 1270. The Hall–Kier alpha value is -3.57. The van der Waals surface area contributed by atoms with Gasteiger partial charge in [0.15, 0.2) is 0 Å². The molecule has 0 saturated carbocycles. The highest BCUT2D eigenvalue weighted by Crippen LogP contribution is 2.28. The highest BCUT2D eigenvalue weighted by atomic mass is 32.1. The van der Waals surface area contributed by atoms with Crippen LogP contribution in [0.3, 0.4) is 0 Å². The van der Waals surface area contributed by atoms with Crippen molar-refractivity contribution in [1.82, 2.24) is 5.32 Å². The predicted octanol–water partition coefficient (Wildman–Crippen LogP) is 5.41. The van der Waals surface area contributed by atoms with Crippen molar-refractivity contribution < 1.29 is 14.7 Å². The van der Waals surface area contributed by atoms with Gasteiger partial charge in [-0.05, 0) is 39.4 Å². The molecule has 4 nitrogen and oxygen atoms in total. The number of thiol groups is 1. The van der Waals surface area contributed by atoms with Crippen LogP contribution in [-0.4, -0.2) is 28.8 Å². The van der Waals surface area contributed by atoms with Crippen molar-refractivity contribution in [2.24, 2.45) is 5.92 Å². The summed E-state index contributed by atoms with van der Waals surface area (Å²) in [4.78, 5) is 24.7. The van der Waals surface area contributed by atoms with Gasteiger partial charge in [0, 0.05) is 12.2 Å². The summed E-state index contributed by atoms with van der Waals surface area (Å²) in [5.74, 6) is -1.41. The summed E-state index contributed by atoms with van der Waals surface area (Å²) in [5.41, 5.74) is 4.06. The Morgan fingerprint density at radius 3 is 2.12 bits per heavy atom. The molecular weight excluding hydrogens is 442 g/mol. The third kappa shape index (κ3) is 5.67. The molecule has 1 unspecified atom stereocenters. The molecule has 34 heavy (non-hydrogen) atoms. The summed E-state index contributed by atoms with van der Waals surface area (Å²) in [6.45, 7) is 0. The van der Waals surface area contributed by atoms with Crippen LogP contribution in [0.1, 0.15) is 11.1 Å². The van der Waals surface area contributed by atoms with Gasteiger partial charge in [-0.1, -0.05) is 97.1 Å². The maximum Gasteiger partial charge on any atom is 0.326 e. The minimum absolute atomic E-state index is 0.210. The molecule has 0 spiro atoms. The number of carbonyl (C=O) groups excluding carboxylic acids is 1. The number of carboxylic acid groups (broad SMARTS) is 1. The third-order valence-corrected chi connectivity index (χ3v) is 6.47. The Kier molecular flexibility index (Phi) is 7.65. The van der Waals surface area contributed by atoms with Crippen LogP contribution in [0.15, 0.2) is 97.1 Å². The second kappa shape index (κ2) is 11.0. The zero-order chi connectivity index (χ0) is 23.9. The molecule has 0 radical (unpaired) electrons. The minimum Gasteiger partial charge on any atom is -0.480 e. The standard InChI is InChI=1S/C29H27NO3S/c31-28(24(19-34)17-20-7-2-1-3-8-20)30-27(29(32)33)18-21-13-15-23(16-14-21)26-12-6-10-22-9-4-5-11-25(22)26/h1-16,24,27,34H,17-19H2,(H,30,31)(H,32,33)/t24?,27-/m0/s1. The topological polar surface area (TPSA) is 66.4 Å². The van der Waals surface area contributed by atoms with E-state index in [-0.39, 0.29) is 12.3 Å². The third-order valence-electron chi connectivity index (χ3n) is 6.03. The average Bonchev–Trinajstić information content (AvgIpc) is 2.87. The van der Waals surface area contributed by atoms with E-state index in [0.717, 1.165) is 22.3 Å². The number of benzene rings is 4. The van der Waals surface area contributed by atoms with Crippen LogP contribution < -0.4 is 5.32 Å². The molecule has 0 bridgehead atoms. The molecule has 0 heterocycles. The Labute approximate surface area is 205 Å². The fourth-order valence-electron chi connectivity index (χ4n) is 4.16. The Balaban J connectivity index is 1.46. The highest BCUT2D eigenvalue weighted by Gasteiger charge is 2.25. The van der Waals surface area contributed by atoms with Crippen molar-refractivity contribution in [3.8, 4) is 11.1 Å². The highest BCUT2D eigenvalue weighted by molar-refractivity contribution is 7.80. The lowest BCUT2D eigenvalue weighted by molar-refractivity contribution is -0.142. The summed E-state index contributed by atoms with van der Waals surface area (Å²) >= 11 is 4.32. The molecule has 0 fully saturated rings. The number of hydrogen-bond acceptors (Lipinski definition) is 3. The van der Waals surface area contributed by atoms with Gasteiger partial charge in [-0.15, -0.1) is 0 Å². The van der Waals surface area contributed by atoms with Gasteiger partial charge in [0.05, 0.1) is 5.92 Å². The fourth-order valence-corrected chi connectivity index (χ4v) is 4.46. The van der Waals surface area contributed by atoms with E-state index in [9.17, 15) is 14.7 Å². The zero-order valence-electron chi connectivity index (χ0n) is 18.7. The van der Waals surface area contributed by atoms with Crippen molar-refractivity contribution in [3.05, 3.63) is 108 Å². The van der Waals surface area contributed by atoms with Crippen molar-refractivity contribution in [1.29, 1.82) is 0 Å². The summed E-state index contributed by atoms with van der Waals surface area (Å²) in [6, 6.07) is 31.0. The van der Waals surface area contributed by atoms with E-state index in [1.807, 2.05) is 72.8 Å². The number of aliphatic carboxylic acids is 1. The molecule has 0 aromatic heterocycles. The zero-order valence-corrected chi connectivity index (χ0v) is 19.6. The molecule has 5 heteroatoms. The molecule has 172 valence electrons. The Morgan fingerprint density at radius 2 is 1.41 bits per heavy atom. The molecule has 4 aromatic rings. The van der Waals surface area contributed by atoms with Gasteiger partial charge < -0.3 is 10.4 Å². The molecule has 4 aromatic carbocycles. The van der Waals surface area contributed by atoms with E-state index >= 15 is 0 Å². The van der Waals surface area contributed by atoms with E-state index in [2.05, 4.69) is 42.2 Å². The fraction of sp³-hybridized carbons (Fsp3) is 0.172. The first-order chi connectivity index (χ1) is 16.5. The van der Waals surface area contributed by atoms with Gasteiger partial charge in [-0.25, -0.2) is 4.79 Å². The molecule has 2 N–H and O–H groups in total. The number of carboxylic acids is 1. The van der Waals surface area contributed by atoms with Crippen molar-refractivity contribution >= 4 is 35.3 Å². The monoisotopic (exact) mass is 469 g/mol. The number of amides is 1. The predicted molar refractivity (Wildman–Crippen MR) is 140 cm³/mol. The van der Waals surface area contributed by atoms with Crippen LogP contribution in [0.2, 0.25) is 0 Å².